The molecule has 0 saturated carbocycles. The Morgan fingerprint density at radius 2 is 2.00 bits per heavy atom. The van der Waals surface area contributed by atoms with E-state index in [1.807, 2.05) is 41.2 Å². The molecule has 0 saturated heterocycles. The van der Waals surface area contributed by atoms with Crippen molar-refractivity contribution in [2.24, 2.45) is 0 Å². The van der Waals surface area contributed by atoms with Gasteiger partial charge in [-0.2, -0.15) is 0 Å². The highest BCUT2D eigenvalue weighted by molar-refractivity contribution is 6.07. The Hall–Kier alpha value is -2.42. The number of carbonyl (C=O) groups excluding carboxylic acids is 1. The fourth-order valence-corrected chi connectivity index (χ4v) is 3.22. The van der Waals surface area contributed by atoms with Gasteiger partial charge in [-0.25, -0.2) is 4.98 Å². The van der Waals surface area contributed by atoms with E-state index in [1.54, 1.807) is 6.92 Å². The lowest BCUT2D eigenvalue weighted by Crippen LogP contribution is -1.98. The van der Waals surface area contributed by atoms with E-state index in [-0.39, 0.29) is 5.78 Å². The van der Waals surface area contributed by atoms with E-state index in [9.17, 15) is 4.79 Å². The Kier molecular flexibility index (Phi) is 2.67. The van der Waals surface area contributed by atoms with Gasteiger partial charge in [0.2, 0.25) is 0 Å². The summed E-state index contributed by atoms with van der Waals surface area (Å²) < 4.78 is 2.03. The molecule has 0 aliphatic heterocycles. The topological polar surface area (TPSA) is 34.9 Å². The maximum atomic E-state index is 11.9. The van der Waals surface area contributed by atoms with Crippen LogP contribution in [-0.2, 0) is 12.8 Å². The van der Waals surface area contributed by atoms with Crippen LogP contribution in [0.25, 0.3) is 16.7 Å². The van der Waals surface area contributed by atoms with Crippen LogP contribution in [0.15, 0.2) is 42.7 Å². The van der Waals surface area contributed by atoms with Crippen LogP contribution < -0.4 is 0 Å². The number of pyridine rings is 1. The summed E-state index contributed by atoms with van der Waals surface area (Å²) in [6, 6.07) is 10.2. The van der Waals surface area contributed by atoms with Crippen LogP contribution >= 0.6 is 0 Å². The van der Waals surface area contributed by atoms with E-state index in [2.05, 4.69) is 11.1 Å². The second-order valence-corrected chi connectivity index (χ2v) is 5.65. The number of nitrogens with zero attached hydrogens (tertiary/aromatic N) is 2. The summed E-state index contributed by atoms with van der Waals surface area (Å²) in [6.45, 7) is 1.61. The zero-order valence-electron chi connectivity index (χ0n) is 12.0. The normalized spacial score (nSPS) is 13.6. The number of hydrogen-bond acceptors (Lipinski definition) is 2. The van der Waals surface area contributed by atoms with Gasteiger partial charge >= 0.3 is 0 Å². The molecule has 3 nitrogen and oxygen atoms in total. The Bertz CT molecular complexity index is 861. The predicted molar refractivity (Wildman–Crippen MR) is 83.1 cm³/mol. The van der Waals surface area contributed by atoms with Crippen molar-refractivity contribution < 1.29 is 4.79 Å². The zero-order valence-corrected chi connectivity index (χ0v) is 12.0. The fourth-order valence-electron chi connectivity index (χ4n) is 3.22. The van der Waals surface area contributed by atoms with Crippen molar-refractivity contribution in [1.29, 1.82) is 0 Å². The number of fused-ring (bicyclic) bond motifs is 2. The van der Waals surface area contributed by atoms with Gasteiger partial charge in [0, 0.05) is 23.3 Å². The number of hydrogen-bond donors (Lipinski definition) is 0. The summed E-state index contributed by atoms with van der Waals surface area (Å²) in [5.74, 6) is 0.991. The highest BCUT2D eigenvalue weighted by Crippen LogP contribution is 2.27. The maximum absolute atomic E-state index is 11.9. The van der Waals surface area contributed by atoms with E-state index >= 15 is 0 Å². The van der Waals surface area contributed by atoms with Crippen LogP contribution in [0.1, 0.15) is 34.8 Å². The molecule has 104 valence electrons. The number of aromatic nitrogens is 2. The summed E-state index contributed by atoms with van der Waals surface area (Å²) in [7, 11) is 0. The van der Waals surface area contributed by atoms with Gasteiger partial charge in [0.1, 0.15) is 5.82 Å². The lowest BCUT2D eigenvalue weighted by Gasteiger charge is -2.06. The summed E-state index contributed by atoms with van der Waals surface area (Å²) in [6.07, 6.45) is 7.37. The van der Waals surface area contributed by atoms with Gasteiger partial charge in [0.15, 0.2) is 5.78 Å². The molecule has 2 aromatic heterocycles. The van der Waals surface area contributed by atoms with Crippen molar-refractivity contribution in [1.82, 2.24) is 9.55 Å². The summed E-state index contributed by atoms with van der Waals surface area (Å²) in [4.78, 5) is 16.5. The smallest absolute Gasteiger partial charge is 0.161 e. The van der Waals surface area contributed by atoms with Crippen molar-refractivity contribution in [3.63, 3.8) is 0 Å². The zero-order chi connectivity index (χ0) is 14.4. The minimum absolute atomic E-state index is 0.0890. The minimum atomic E-state index is 0.0890. The van der Waals surface area contributed by atoms with Crippen LogP contribution in [0.3, 0.4) is 0 Å². The van der Waals surface area contributed by atoms with Crippen LogP contribution in [0.5, 0.6) is 0 Å². The van der Waals surface area contributed by atoms with Crippen LogP contribution in [0, 0.1) is 0 Å². The molecule has 0 amide bonds. The Morgan fingerprint density at radius 1 is 1.19 bits per heavy atom. The van der Waals surface area contributed by atoms with E-state index in [4.69, 9.17) is 0 Å². The standard InChI is InChI=1S/C18H16N2O/c1-12(21)16-11-20(17-8-3-2-7-15(16)17)18-9-13-5-4-6-14(13)10-19-18/h2-3,7-11H,4-6H2,1H3. The van der Waals surface area contributed by atoms with Crippen LogP contribution in [0.4, 0.5) is 0 Å². The molecular formula is C18H16N2O. The second-order valence-electron chi connectivity index (χ2n) is 5.65. The molecule has 0 fully saturated rings. The molecule has 0 unspecified atom stereocenters. The van der Waals surface area contributed by atoms with Crippen molar-refractivity contribution in [2.45, 2.75) is 26.2 Å². The predicted octanol–water partition coefficient (Wildman–Crippen LogP) is 3.72. The molecule has 21 heavy (non-hydrogen) atoms. The largest absolute Gasteiger partial charge is 0.300 e. The van der Waals surface area contributed by atoms with Crippen LogP contribution in [0.2, 0.25) is 0 Å². The highest BCUT2D eigenvalue weighted by atomic mass is 16.1. The number of aryl methyl sites for hydroxylation is 2. The summed E-state index contributed by atoms with van der Waals surface area (Å²) >= 11 is 0. The van der Waals surface area contributed by atoms with Crippen molar-refractivity contribution in [3.8, 4) is 5.82 Å². The minimum Gasteiger partial charge on any atom is -0.300 e. The second kappa shape index (κ2) is 4.55. The van der Waals surface area contributed by atoms with Crippen molar-refractivity contribution >= 4 is 16.7 Å². The molecular weight excluding hydrogens is 260 g/mol. The van der Waals surface area contributed by atoms with Crippen LogP contribution in [-0.4, -0.2) is 15.3 Å². The lowest BCUT2D eigenvalue weighted by molar-refractivity contribution is 0.101. The van der Waals surface area contributed by atoms with Crippen molar-refractivity contribution in [3.05, 3.63) is 59.4 Å². The first kappa shape index (κ1) is 12.3. The van der Waals surface area contributed by atoms with Gasteiger partial charge < -0.3 is 4.57 Å². The van der Waals surface area contributed by atoms with E-state index in [0.717, 1.165) is 35.1 Å². The summed E-state index contributed by atoms with van der Waals surface area (Å²) in [5, 5.41) is 0.993. The Balaban J connectivity index is 1.96. The number of carbonyl (C=O) groups is 1. The van der Waals surface area contributed by atoms with Gasteiger partial charge in [-0.05, 0) is 49.4 Å². The SMILES string of the molecule is CC(=O)c1cn(-c2cc3c(cn2)CCC3)c2ccccc12. The first-order valence-corrected chi connectivity index (χ1v) is 7.33. The van der Waals surface area contributed by atoms with E-state index < -0.39 is 0 Å². The van der Waals surface area contributed by atoms with E-state index in [0.29, 0.717) is 0 Å². The molecule has 0 bridgehead atoms. The molecule has 2 heterocycles. The molecule has 1 aliphatic carbocycles. The molecule has 4 rings (SSSR count). The molecule has 0 N–H and O–H groups in total. The average Bonchev–Trinajstić information content (AvgIpc) is 3.10. The van der Waals surface area contributed by atoms with Gasteiger partial charge in [-0.1, -0.05) is 18.2 Å². The first-order valence-electron chi connectivity index (χ1n) is 7.33. The lowest BCUT2D eigenvalue weighted by atomic mass is 10.1. The number of benzene rings is 1. The number of Topliss-reactive ketones (excluding diaryl/α,β-unsaturated/α-hetero) is 1. The van der Waals surface area contributed by atoms with Gasteiger partial charge in [0.05, 0.1) is 5.52 Å². The quantitative estimate of drug-likeness (QED) is 0.669. The molecule has 0 atom stereocenters. The third kappa shape index (κ3) is 1.88. The number of para-hydroxylation sites is 1. The molecule has 3 aromatic rings. The first-order chi connectivity index (χ1) is 10.2. The number of ketones is 1. The monoisotopic (exact) mass is 276 g/mol. The molecule has 0 radical (unpaired) electrons. The molecule has 0 spiro atoms. The third-order valence-electron chi connectivity index (χ3n) is 4.30. The summed E-state index contributed by atoms with van der Waals surface area (Å²) in [5.41, 5.74) is 4.55. The molecule has 1 aromatic carbocycles. The third-order valence-corrected chi connectivity index (χ3v) is 4.30. The Morgan fingerprint density at radius 3 is 2.86 bits per heavy atom. The van der Waals surface area contributed by atoms with E-state index in [1.165, 1.54) is 17.5 Å². The molecule has 1 aliphatic rings. The Labute approximate surface area is 123 Å². The van der Waals surface area contributed by atoms with Gasteiger partial charge in [-0.3, -0.25) is 4.79 Å². The molecule has 3 heteroatoms. The average molecular weight is 276 g/mol. The number of rotatable bonds is 2. The van der Waals surface area contributed by atoms with Crippen molar-refractivity contribution in [2.75, 3.05) is 0 Å². The fraction of sp³-hybridized carbons (Fsp3) is 0.222. The maximum Gasteiger partial charge on any atom is 0.161 e. The van der Waals surface area contributed by atoms with Gasteiger partial charge in [0.25, 0.3) is 0 Å². The highest BCUT2D eigenvalue weighted by Gasteiger charge is 2.16. The van der Waals surface area contributed by atoms with Gasteiger partial charge in [-0.15, -0.1) is 0 Å².